The van der Waals surface area contributed by atoms with Gasteiger partial charge in [-0.1, -0.05) is 0 Å². The molecule has 1 aromatic heterocycles. The lowest BCUT2D eigenvalue weighted by molar-refractivity contribution is 0.281. The summed E-state index contributed by atoms with van der Waals surface area (Å²) in [5, 5.41) is 19.3. The number of thiophene rings is 1. The van der Waals surface area contributed by atoms with Crippen LogP contribution in [0.4, 0.5) is 0 Å². The minimum atomic E-state index is -0.0523. The van der Waals surface area contributed by atoms with Crippen molar-refractivity contribution in [2.75, 3.05) is 0 Å². The summed E-state index contributed by atoms with van der Waals surface area (Å²) < 4.78 is 1.81. The van der Waals surface area contributed by atoms with E-state index in [1.807, 2.05) is 12.1 Å². The number of fused-ring (bicyclic) bond motifs is 1. The van der Waals surface area contributed by atoms with E-state index >= 15 is 0 Å². The maximum atomic E-state index is 9.56. The third-order valence-corrected chi connectivity index (χ3v) is 3.13. The van der Waals surface area contributed by atoms with Crippen molar-refractivity contribution >= 4 is 34.1 Å². The van der Waals surface area contributed by atoms with Gasteiger partial charge in [-0.2, -0.15) is 0 Å². The number of phenols is 1. The Morgan fingerprint density at radius 2 is 2.08 bits per heavy atom. The summed E-state index contributed by atoms with van der Waals surface area (Å²) in [7, 11) is 0. The molecule has 0 amide bonds. The van der Waals surface area contributed by atoms with E-state index in [9.17, 15) is 5.11 Å². The van der Waals surface area contributed by atoms with E-state index < -0.39 is 0 Å². The van der Waals surface area contributed by atoms with Gasteiger partial charge in [0.1, 0.15) is 5.75 Å². The molecular formula is C9H8O2S2. The predicted octanol–water partition coefficient (Wildman–Crippen LogP) is 2.39. The Bertz CT molecular complexity index is 448. The van der Waals surface area contributed by atoms with E-state index in [0.29, 0.717) is 0 Å². The van der Waals surface area contributed by atoms with Gasteiger partial charge in [0.05, 0.1) is 10.8 Å². The van der Waals surface area contributed by atoms with Crippen LogP contribution in [0.15, 0.2) is 22.4 Å². The van der Waals surface area contributed by atoms with Crippen LogP contribution in [0.25, 0.3) is 10.1 Å². The second-order valence-electron chi connectivity index (χ2n) is 2.77. The number of rotatable bonds is 1. The van der Waals surface area contributed by atoms with Crippen molar-refractivity contribution in [2.45, 2.75) is 10.8 Å². The molecule has 0 saturated carbocycles. The van der Waals surface area contributed by atoms with Crippen molar-refractivity contribution in [1.29, 1.82) is 0 Å². The highest BCUT2D eigenvalue weighted by Crippen LogP contribution is 2.34. The summed E-state index contributed by atoms with van der Waals surface area (Å²) in [6.07, 6.45) is 0. The van der Waals surface area contributed by atoms with Gasteiger partial charge >= 0.3 is 0 Å². The fourth-order valence-corrected chi connectivity index (χ4v) is 2.56. The van der Waals surface area contributed by atoms with Crippen molar-refractivity contribution < 1.29 is 10.2 Å². The Morgan fingerprint density at radius 1 is 1.31 bits per heavy atom. The molecule has 4 heteroatoms. The number of phenolic OH excluding ortho intramolecular Hbond substituents is 1. The molecule has 0 fully saturated rings. The van der Waals surface area contributed by atoms with Crippen molar-refractivity contribution in [2.24, 2.45) is 0 Å². The number of benzene rings is 1. The zero-order valence-corrected chi connectivity index (χ0v) is 8.40. The van der Waals surface area contributed by atoms with Crippen LogP contribution < -0.4 is 0 Å². The monoisotopic (exact) mass is 212 g/mol. The molecule has 1 heterocycles. The zero-order chi connectivity index (χ0) is 9.42. The van der Waals surface area contributed by atoms with E-state index in [-0.39, 0.29) is 12.4 Å². The molecule has 1 aromatic carbocycles. The van der Waals surface area contributed by atoms with Crippen molar-refractivity contribution in [3.63, 3.8) is 0 Å². The number of hydrogen-bond acceptors (Lipinski definition) is 4. The SMILES string of the molecule is OCc1cc(O)c2cc(S)sc2c1. The van der Waals surface area contributed by atoms with E-state index in [4.69, 9.17) is 5.11 Å². The molecule has 2 aromatic rings. The second kappa shape index (κ2) is 3.21. The molecule has 0 spiro atoms. The van der Waals surface area contributed by atoms with Crippen LogP contribution in [0.5, 0.6) is 5.75 Å². The average molecular weight is 212 g/mol. The maximum absolute atomic E-state index is 9.56. The highest BCUT2D eigenvalue weighted by molar-refractivity contribution is 7.83. The normalized spacial score (nSPS) is 10.9. The fraction of sp³-hybridized carbons (Fsp3) is 0.111. The Labute approximate surface area is 84.9 Å². The van der Waals surface area contributed by atoms with Gasteiger partial charge in [0, 0.05) is 10.1 Å². The number of aromatic hydroxyl groups is 1. The standard InChI is InChI=1S/C9H8O2S2/c10-4-5-1-7(11)6-3-9(12)13-8(6)2-5/h1-3,10-12H,4H2. The molecular weight excluding hydrogens is 204 g/mol. The molecule has 2 rings (SSSR count). The molecule has 0 radical (unpaired) electrons. The summed E-state index contributed by atoms with van der Waals surface area (Å²) in [5.41, 5.74) is 0.722. The summed E-state index contributed by atoms with van der Waals surface area (Å²) in [5.74, 6) is 0.207. The van der Waals surface area contributed by atoms with Crippen LogP contribution >= 0.6 is 24.0 Å². The molecule has 0 bridgehead atoms. The molecule has 0 saturated heterocycles. The molecule has 0 atom stereocenters. The largest absolute Gasteiger partial charge is 0.507 e. The quantitative estimate of drug-likeness (QED) is 0.635. The van der Waals surface area contributed by atoms with Gasteiger partial charge in [0.25, 0.3) is 0 Å². The number of thiol groups is 1. The zero-order valence-electron chi connectivity index (χ0n) is 6.69. The maximum Gasteiger partial charge on any atom is 0.124 e. The Kier molecular flexibility index (Phi) is 2.19. The molecule has 13 heavy (non-hydrogen) atoms. The van der Waals surface area contributed by atoms with Gasteiger partial charge in [0.2, 0.25) is 0 Å². The third-order valence-electron chi connectivity index (χ3n) is 1.84. The first-order valence-electron chi connectivity index (χ1n) is 3.76. The van der Waals surface area contributed by atoms with Crippen LogP contribution in [0.2, 0.25) is 0 Å². The molecule has 0 aliphatic carbocycles. The van der Waals surface area contributed by atoms with Gasteiger partial charge in [-0.3, -0.25) is 0 Å². The van der Waals surface area contributed by atoms with Crippen LogP contribution in [-0.4, -0.2) is 10.2 Å². The third kappa shape index (κ3) is 1.52. The Hall–Kier alpha value is -0.710. The molecule has 2 nitrogen and oxygen atoms in total. The molecule has 0 unspecified atom stereocenters. The second-order valence-corrected chi connectivity index (χ2v) is 4.64. The van der Waals surface area contributed by atoms with Gasteiger partial charge in [0.15, 0.2) is 0 Å². The summed E-state index contributed by atoms with van der Waals surface area (Å²) in [4.78, 5) is 0. The van der Waals surface area contributed by atoms with Crippen LogP contribution in [0, 0.1) is 0 Å². The molecule has 68 valence electrons. The first kappa shape index (κ1) is 8.87. The van der Waals surface area contributed by atoms with E-state index in [1.165, 1.54) is 11.3 Å². The van der Waals surface area contributed by atoms with Crippen molar-refractivity contribution in [1.82, 2.24) is 0 Å². The number of aliphatic hydroxyl groups is 1. The van der Waals surface area contributed by atoms with Gasteiger partial charge in [-0.15, -0.1) is 24.0 Å². The number of hydrogen-bond donors (Lipinski definition) is 3. The van der Waals surface area contributed by atoms with E-state index in [2.05, 4.69) is 12.6 Å². The minimum absolute atomic E-state index is 0.0523. The number of aliphatic hydroxyl groups excluding tert-OH is 1. The van der Waals surface area contributed by atoms with Gasteiger partial charge in [-0.05, 0) is 23.8 Å². The Morgan fingerprint density at radius 3 is 2.77 bits per heavy atom. The van der Waals surface area contributed by atoms with Crippen LogP contribution in [0.3, 0.4) is 0 Å². The van der Waals surface area contributed by atoms with Crippen molar-refractivity contribution in [3.05, 3.63) is 23.8 Å². The van der Waals surface area contributed by atoms with Crippen LogP contribution in [-0.2, 0) is 6.61 Å². The molecule has 0 aliphatic rings. The summed E-state index contributed by atoms with van der Waals surface area (Å²) >= 11 is 5.69. The lowest BCUT2D eigenvalue weighted by Gasteiger charge is -1.98. The van der Waals surface area contributed by atoms with E-state index in [0.717, 1.165) is 19.9 Å². The first-order valence-corrected chi connectivity index (χ1v) is 5.02. The van der Waals surface area contributed by atoms with Gasteiger partial charge < -0.3 is 10.2 Å². The molecule has 2 N–H and O–H groups in total. The average Bonchev–Trinajstić information content (AvgIpc) is 2.46. The Balaban J connectivity index is 2.75. The van der Waals surface area contributed by atoms with E-state index in [1.54, 1.807) is 6.07 Å². The highest BCUT2D eigenvalue weighted by Gasteiger charge is 2.05. The summed E-state index contributed by atoms with van der Waals surface area (Å²) in [6.45, 7) is -0.0523. The van der Waals surface area contributed by atoms with Crippen LogP contribution in [0.1, 0.15) is 5.56 Å². The van der Waals surface area contributed by atoms with Gasteiger partial charge in [-0.25, -0.2) is 0 Å². The lowest BCUT2D eigenvalue weighted by Crippen LogP contribution is -1.80. The topological polar surface area (TPSA) is 40.5 Å². The minimum Gasteiger partial charge on any atom is -0.507 e. The molecule has 0 aliphatic heterocycles. The smallest absolute Gasteiger partial charge is 0.124 e. The summed E-state index contributed by atoms with van der Waals surface area (Å²) in [6, 6.07) is 5.25. The predicted molar refractivity (Wildman–Crippen MR) is 56.7 cm³/mol. The fourth-order valence-electron chi connectivity index (χ4n) is 1.25. The first-order chi connectivity index (χ1) is 6.20. The highest BCUT2D eigenvalue weighted by atomic mass is 32.2. The lowest BCUT2D eigenvalue weighted by atomic mass is 10.2. The van der Waals surface area contributed by atoms with Crippen molar-refractivity contribution in [3.8, 4) is 5.75 Å².